The Morgan fingerprint density at radius 3 is 2.78 bits per heavy atom. The quantitative estimate of drug-likeness (QED) is 0.576. The number of hydrogen-bond acceptors (Lipinski definition) is 8. The van der Waals surface area contributed by atoms with E-state index >= 15 is 0 Å². The number of amides is 4. The monoisotopic (exact) mass is 441 g/mol. The summed E-state index contributed by atoms with van der Waals surface area (Å²) in [5.41, 5.74) is 0.550. The summed E-state index contributed by atoms with van der Waals surface area (Å²) < 4.78 is 7.27. The van der Waals surface area contributed by atoms with Gasteiger partial charge in [0.2, 0.25) is 11.8 Å². The predicted molar refractivity (Wildman–Crippen MR) is 104 cm³/mol. The minimum atomic E-state index is -1.07. The van der Waals surface area contributed by atoms with Crippen molar-refractivity contribution in [2.75, 3.05) is 0 Å². The van der Waals surface area contributed by atoms with Crippen molar-refractivity contribution < 1.29 is 33.8 Å². The maximum atomic E-state index is 13.1. The topological polar surface area (TPSA) is 161 Å². The fourth-order valence-corrected chi connectivity index (χ4v) is 3.65. The van der Waals surface area contributed by atoms with Crippen molar-refractivity contribution in [3.63, 3.8) is 0 Å². The molecule has 166 valence electrons. The van der Waals surface area contributed by atoms with E-state index in [9.17, 15) is 24.0 Å². The summed E-state index contributed by atoms with van der Waals surface area (Å²) >= 11 is 0. The van der Waals surface area contributed by atoms with Crippen LogP contribution in [0.2, 0.25) is 0 Å². The van der Waals surface area contributed by atoms with Crippen molar-refractivity contribution in [2.45, 2.75) is 44.9 Å². The summed E-state index contributed by atoms with van der Waals surface area (Å²) in [5.74, 6) is -3.26. The minimum absolute atomic E-state index is 0.0295. The molecule has 1 aromatic carbocycles. The maximum absolute atomic E-state index is 13.1. The largest absolute Gasteiger partial charge is 0.483 e. The van der Waals surface area contributed by atoms with E-state index in [1.54, 1.807) is 19.2 Å². The van der Waals surface area contributed by atoms with Crippen LogP contribution in [0.15, 0.2) is 24.4 Å². The van der Waals surface area contributed by atoms with E-state index < -0.39 is 41.7 Å². The third kappa shape index (κ3) is 3.82. The summed E-state index contributed by atoms with van der Waals surface area (Å²) in [7, 11) is 0. The highest BCUT2D eigenvalue weighted by Gasteiger charge is 2.46. The fraction of sp³-hybridized carbons (Fsp3) is 0.350. The highest BCUT2D eigenvalue weighted by molar-refractivity contribution is 6.24. The van der Waals surface area contributed by atoms with Gasteiger partial charge >= 0.3 is 5.97 Å². The van der Waals surface area contributed by atoms with Crippen LogP contribution in [0.4, 0.5) is 0 Å². The molecule has 0 aliphatic carbocycles. The smallest absolute Gasteiger partial charge is 0.305 e. The number of nitrogens with one attached hydrogen (secondary N) is 1. The molecule has 0 saturated carbocycles. The second-order valence-corrected chi connectivity index (χ2v) is 7.44. The van der Waals surface area contributed by atoms with Crippen molar-refractivity contribution in [1.82, 2.24) is 25.2 Å². The number of rotatable bonds is 7. The van der Waals surface area contributed by atoms with Gasteiger partial charge in [-0.15, -0.1) is 5.10 Å². The van der Waals surface area contributed by atoms with Gasteiger partial charge in [0.1, 0.15) is 23.6 Å². The second-order valence-electron chi connectivity index (χ2n) is 7.44. The van der Waals surface area contributed by atoms with Crippen LogP contribution < -0.4 is 10.1 Å². The Bertz CT molecular complexity index is 1140. The molecule has 2 N–H and O–H groups in total. The molecule has 2 aliphatic heterocycles. The molecule has 4 rings (SSSR count). The van der Waals surface area contributed by atoms with E-state index in [-0.39, 0.29) is 42.7 Å². The highest BCUT2D eigenvalue weighted by atomic mass is 16.5. The Balaban J connectivity index is 1.55. The van der Waals surface area contributed by atoms with Crippen molar-refractivity contribution in [3.8, 4) is 5.75 Å². The highest BCUT2D eigenvalue weighted by Crippen LogP contribution is 2.35. The van der Waals surface area contributed by atoms with Crippen molar-refractivity contribution in [2.24, 2.45) is 0 Å². The number of benzene rings is 1. The molecule has 1 saturated heterocycles. The number of aryl methyl sites for hydroxylation is 1. The molecule has 12 heteroatoms. The lowest BCUT2D eigenvalue weighted by atomic mass is 10.0. The molecule has 0 radical (unpaired) electrons. The average molecular weight is 441 g/mol. The van der Waals surface area contributed by atoms with E-state index in [2.05, 4.69) is 15.6 Å². The lowest BCUT2D eigenvalue weighted by Gasteiger charge is -2.27. The fourth-order valence-electron chi connectivity index (χ4n) is 3.65. The number of carbonyl (C=O) groups excluding carboxylic acids is 4. The van der Waals surface area contributed by atoms with Gasteiger partial charge in [0.25, 0.3) is 11.8 Å². The number of carbonyl (C=O) groups is 5. The van der Waals surface area contributed by atoms with Crippen LogP contribution in [0, 0.1) is 0 Å². The third-order valence-electron chi connectivity index (χ3n) is 5.26. The predicted octanol–water partition coefficient (Wildman–Crippen LogP) is 0.294. The standard InChI is InChI=1S/C20H19N5O7/c1-10(12-9-24(23-22-12)8-7-16(27)28)32-14-4-2-3-11-17(14)20(31)25(19(11)30)13-5-6-15(26)21-18(13)29/h2-4,9-10,13H,5-8H2,1H3,(H,27,28)(H,21,26,29). The van der Waals surface area contributed by atoms with Crippen LogP contribution in [0.1, 0.15) is 58.7 Å². The average Bonchev–Trinajstić information content (AvgIpc) is 3.31. The molecule has 12 nitrogen and oxygen atoms in total. The van der Waals surface area contributed by atoms with Crippen molar-refractivity contribution in [3.05, 3.63) is 41.2 Å². The van der Waals surface area contributed by atoms with Gasteiger partial charge in [0.05, 0.1) is 30.3 Å². The normalized spacial score (nSPS) is 19.0. The summed E-state index contributed by atoms with van der Waals surface area (Å²) in [6.45, 7) is 1.81. The molecule has 1 aromatic heterocycles. The first-order valence-electron chi connectivity index (χ1n) is 9.89. The Kier molecular flexibility index (Phi) is 5.43. The van der Waals surface area contributed by atoms with Crippen LogP contribution in [0.25, 0.3) is 0 Å². The van der Waals surface area contributed by atoms with E-state index in [0.29, 0.717) is 5.69 Å². The summed E-state index contributed by atoms with van der Waals surface area (Å²) in [6, 6.07) is 3.49. The number of carboxylic acids is 1. The number of nitrogens with zero attached hydrogens (tertiary/aromatic N) is 4. The number of imide groups is 2. The second kappa shape index (κ2) is 8.21. The first-order valence-corrected chi connectivity index (χ1v) is 9.89. The summed E-state index contributed by atoms with van der Waals surface area (Å²) in [4.78, 5) is 61.2. The van der Waals surface area contributed by atoms with Gasteiger partial charge in [-0.1, -0.05) is 11.3 Å². The first-order chi connectivity index (χ1) is 15.3. The van der Waals surface area contributed by atoms with E-state index in [0.717, 1.165) is 4.90 Å². The Labute approximate surface area is 181 Å². The number of carboxylic acid groups (broad SMARTS) is 1. The van der Waals surface area contributed by atoms with Crippen molar-refractivity contribution >= 4 is 29.6 Å². The molecular formula is C20H19N5O7. The molecule has 0 spiro atoms. The van der Waals surface area contributed by atoms with Gasteiger partial charge in [-0.3, -0.25) is 38.9 Å². The molecule has 2 aromatic rings. The zero-order valence-electron chi connectivity index (χ0n) is 17.0. The summed E-state index contributed by atoms with van der Waals surface area (Å²) in [6.07, 6.45) is 0.855. The molecular weight excluding hydrogens is 422 g/mol. The molecule has 3 heterocycles. The third-order valence-corrected chi connectivity index (χ3v) is 5.26. The Hall–Kier alpha value is -4.09. The van der Waals surface area contributed by atoms with Crippen LogP contribution in [-0.4, -0.2) is 60.6 Å². The van der Waals surface area contributed by atoms with Crippen LogP contribution in [-0.2, 0) is 20.9 Å². The molecule has 4 amide bonds. The molecule has 0 bridgehead atoms. The SMILES string of the molecule is CC(Oc1cccc2c1C(=O)N(C1CCC(=O)NC1=O)C2=O)c1cn(CCC(=O)O)nn1. The van der Waals surface area contributed by atoms with Gasteiger partial charge in [0, 0.05) is 6.42 Å². The lowest BCUT2D eigenvalue weighted by Crippen LogP contribution is -2.54. The number of aliphatic carboxylic acids is 1. The maximum Gasteiger partial charge on any atom is 0.305 e. The number of ether oxygens (including phenoxy) is 1. The molecule has 2 aliphatic rings. The zero-order valence-corrected chi connectivity index (χ0v) is 17.0. The van der Waals surface area contributed by atoms with Gasteiger partial charge in [-0.25, -0.2) is 0 Å². The van der Waals surface area contributed by atoms with Gasteiger partial charge < -0.3 is 9.84 Å². The molecule has 1 fully saturated rings. The molecule has 2 unspecified atom stereocenters. The van der Waals surface area contributed by atoms with Gasteiger partial charge in [-0.05, 0) is 25.5 Å². The Morgan fingerprint density at radius 1 is 1.28 bits per heavy atom. The Morgan fingerprint density at radius 2 is 2.06 bits per heavy atom. The molecule has 2 atom stereocenters. The summed E-state index contributed by atoms with van der Waals surface area (Å²) in [5, 5.41) is 18.8. The van der Waals surface area contributed by atoms with Crippen LogP contribution in [0.3, 0.4) is 0 Å². The van der Waals surface area contributed by atoms with Crippen LogP contribution >= 0.6 is 0 Å². The van der Waals surface area contributed by atoms with Gasteiger partial charge in [-0.2, -0.15) is 0 Å². The van der Waals surface area contributed by atoms with Crippen molar-refractivity contribution in [1.29, 1.82) is 0 Å². The number of piperidine rings is 1. The van der Waals surface area contributed by atoms with E-state index in [4.69, 9.17) is 9.84 Å². The zero-order chi connectivity index (χ0) is 23.0. The number of hydrogen-bond donors (Lipinski definition) is 2. The first kappa shape index (κ1) is 21.2. The van der Waals surface area contributed by atoms with Crippen LogP contribution in [0.5, 0.6) is 5.75 Å². The minimum Gasteiger partial charge on any atom is -0.483 e. The number of aromatic nitrogens is 3. The lowest BCUT2D eigenvalue weighted by molar-refractivity contribution is -0.138. The van der Waals surface area contributed by atoms with E-state index in [1.165, 1.54) is 16.8 Å². The number of fused-ring (bicyclic) bond motifs is 1. The molecule has 32 heavy (non-hydrogen) atoms. The van der Waals surface area contributed by atoms with Gasteiger partial charge in [0.15, 0.2) is 0 Å². The van der Waals surface area contributed by atoms with E-state index in [1.807, 2.05) is 0 Å².